The smallest absolute Gasteiger partial charge is 0.244 e. The summed E-state index contributed by atoms with van der Waals surface area (Å²) >= 11 is 0. The Kier molecular flexibility index (Phi) is 5.86. The number of carbonyl (C=O) groups excluding carboxylic acids is 1. The maximum absolute atomic E-state index is 13.0. The highest BCUT2D eigenvalue weighted by Gasteiger charge is 1.98. The number of aliphatic hydroxyl groups is 1. The minimum atomic E-state index is -0.325. The average molecular weight is 299 g/mol. The van der Waals surface area contributed by atoms with Crippen molar-refractivity contribution in [1.29, 1.82) is 0 Å². The zero-order valence-corrected chi connectivity index (χ0v) is 12.1. The number of hydrogen-bond donors (Lipinski definition) is 2. The van der Waals surface area contributed by atoms with E-state index in [1.807, 2.05) is 24.3 Å². The van der Waals surface area contributed by atoms with Gasteiger partial charge in [0.15, 0.2) is 0 Å². The molecule has 0 atom stereocenters. The normalized spacial score (nSPS) is 10.8. The first-order chi connectivity index (χ1) is 10.7. The predicted molar refractivity (Wildman–Crippen MR) is 84.5 cm³/mol. The van der Waals surface area contributed by atoms with Gasteiger partial charge < -0.3 is 10.4 Å². The lowest BCUT2D eigenvalue weighted by atomic mass is 10.1. The van der Waals surface area contributed by atoms with Crippen molar-refractivity contribution < 1.29 is 14.3 Å². The van der Waals surface area contributed by atoms with Crippen molar-refractivity contribution in [1.82, 2.24) is 5.32 Å². The molecule has 0 bridgehead atoms. The van der Waals surface area contributed by atoms with E-state index in [9.17, 15) is 9.18 Å². The van der Waals surface area contributed by atoms with E-state index < -0.39 is 0 Å². The molecule has 22 heavy (non-hydrogen) atoms. The van der Waals surface area contributed by atoms with Gasteiger partial charge in [0.25, 0.3) is 0 Å². The second kappa shape index (κ2) is 8.10. The van der Waals surface area contributed by atoms with Gasteiger partial charge in [-0.3, -0.25) is 4.79 Å². The topological polar surface area (TPSA) is 49.3 Å². The van der Waals surface area contributed by atoms with E-state index in [0.29, 0.717) is 18.5 Å². The van der Waals surface area contributed by atoms with Crippen molar-refractivity contribution >= 4 is 12.0 Å². The van der Waals surface area contributed by atoms with E-state index in [1.165, 1.54) is 18.2 Å². The summed E-state index contributed by atoms with van der Waals surface area (Å²) in [6.07, 6.45) is 3.68. The summed E-state index contributed by atoms with van der Waals surface area (Å²) < 4.78 is 13.0. The van der Waals surface area contributed by atoms with E-state index >= 15 is 0 Å². The van der Waals surface area contributed by atoms with Crippen LogP contribution in [0.3, 0.4) is 0 Å². The Morgan fingerprint density at radius 2 is 1.86 bits per heavy atom. The molecule has 0 unspecified atom stereocenters. The third-order valence-corrected chi connectivity index (χ3v) is 3.19. The largest absolute Gasteiger partial charge is 0.392 e. The van der Waals surface area contributed by atoms with Crippen molar-refractivity contribution in [2.75, 3.05) is 6.54 Å². The Bertz CT molecular complexity index is 650. The number of benzene rings is 2. The second-order valence-corrected chi connectivity index (χ2v) is 4.90. The van der Waals surface area contributed by atoms with Gasteiger partial charge in [0.2, 0.25) is 5.91 Å². The third kappa shape index (κ3) is 5.14. The standard InChI is InChI=1S/C18H18FNO2/c19-17-3-1-2-15(12-17)8-9-18(22)20-11-10-14-4-6-16(13-21)7-5-14/h1-9,12,21H,10-11,13H2,(H,20,22)/b9-8+. The summed E-state index contributed by atoms with van der Waals surface area (Å²) in [6, 6.07) is 13.6. The van der Waals surface area contributed by atoms with Crippen molar-refractivity contribution in [2.45, 2.75) is 13.0 Å². The van der Waals surface area contributed by atoms with E-state index in [-0.39, 0.29) is 18.3 Å². The molecule has 0 fully saturated rings. The number of amides is 1. The van der Waals surface area contributed by atoms with Gasteiger partial charge in [0.1, 0.15) is 5.82 Å². The van der Waals surface area contributed by atoms with E-state index in [1.54, 1.807) is 18.2 Å². The summed E-state index contributed by atoms with van der Waals surface area (Å²) in [4.78, 5) is 11.7. The number of carbonyl (C=O) groups is 1. The fourth-order valence-electron chi connectivity index (χ4n) is 1.98. The van der Waals surface area contributed by atoms with Crippen LogP contribution < -0.4 is 5.32 Å². The monoisotopic (exact) mass is 299 g/mol. The van der Waals surface area contributed by atoms with Crippen LogP contribution >= 0.6 is 0 Å². The summed E-state index contributed by atoms with van der Waals surface area (Å²) in [5.41, 5.74) is 2.60. The Morgan fingerprint density at radius 3 is 2.55 bits per heavy atom. The number of hydrogen-bond acceptors (Lipinski definition) is 2. The Hall–Kier alpha value is -2.46. The van der Waals surface area contributed by atoms with Gasteiger partial charge in [-0.2, -0.15) is 0 Å². The van der Waals surface area contributed by atoms with Gasteiger partial charge in [0.05, 0.1) is 6.61 Å². The lowest BCUT2D eigenvalue weighted by Crippen LogP contribution is -2.23. The molecule has 0 aromatic heterocycles. The maximum atomic E-state index is 13.0. The van der Waals surface area contributed by atoms with Gasteiger partial charge in [0, 0.05) is 12.6 Å². The maximum Gasteiger partial charge on any atom is 0.244 e. The molecule has 4 heteroatoms. The number of rotatable bonds is 6. The van der Waals surface area contributed by atoms with Crippen LogP contribution in [0, 0.1) is 5.82 Å². The van der Waals surface area contributed by atoms with Crippen molar-refractivity contribution in [3.8, 4) is 0 Å². The van der Waals surface area contributed by atoms with Gasteiger partial charge in [-0.1, -0.05) is 36.4 Å². The van der Waals surface area contributed by atoms with E-state index in [0.717, 1.165) is 11.1 Å². The molecular weight excluding hydrogens is 281 g/mol. The van der Waals surface area contributed by atoms with Crippen LogP contribution in [0.4, 0.5) is 4.39 Å². The molecule has 2 N–H and O–H groups in total. The van der Waals surface area contributed by atoms with Crippen LogP contribution in [0.2, 0.25) is 0 Å². The third-order valence-electron chi connectivity index (χ3n) is 3.19. The summed E-state index contributed by atoms with van der Waals surface area (Å²) in [5.74, 6) is -0.537. The first-order valence-corrected chi connectivity index (χ1v) is 7.07. The van der Waals surface area contributed by atoms with Gasteiger partial charge in [-0.05, 0) is 41.3 Å². The molecule has 1 amide bonds. The fourth-order valence-corrected chi connectivity index (χ4v) is 1.98. The van der Waals surface area contributed by atoms with Gasteiger partial charge in [-0.25, -0.2) is 4.39 Å². The minimum absolute atomic E-state index is 0.0297. The van der Waals surface area contributed by atoms with Crippen LogP contribution in [0.25, 0.3) is 6.08 Å². The molecule has 0 aliphatic rings. The predicted octanol–water partition coefficient (Wildman–Crippen LogP) is 2.69. The summed E-state index contributed by atoms with van der Waals surface area (Å²) in [6.45, 7) is 0.548. The zero-order valence-electron chi connectivity index (χ0n) is 12.1. The molecule has 2 rings (SSSR count). The lowest BCUT2D eigenvalue weighted by molar-refractivity contribution is -0.116. The first-order valence-electron chi connectivity index (χ1n) is 7.07. The number of nitrogens with one attached hydrogen (secondary N) is 1. The molecule has 0 saturated heterocycles. The Labute approximate surface area is 129 Å². The Balaban J connectivity index is 1.77. The highest BCUT2D eigenvalue weighted by Crippen LogP contribution is 2.06. The molecule has 0 saturated carbocycles. The number of halogens is 1. The van der Waals surface area contributed by atoms with Crippen molar-refractivity contribution in [3.63, 3.8) is 0 Å². The number of aliphatic hydroxyl groups excluding tert-OH is 1. The van der Waals surface area contributed by atoms with E-state index in [4.69, 9.17) is 5.11 Å². The first kappa shape index (κ1) is 15.9. The zero-order chi connectivity index (χ0) is 15.8. The molecular formula is C18H18FNO2. The SMILES string of the molecule is O=C(/C=C/c1cccc(F)c1)NCCc1ccc(CO)cc1. The van der Waals surface area contributed by atoms with Crippen molar-refractivity contribution in [2.24, 2.45) is 0 Å². The minimum Gasteiger partial charge on any atom is -0.392 e. The Morgan fingerprint density at radius 1 is 1.14 bits per heavy atom. The van der Waals surface area contributed by atoms with Gasteiger partial charge in [-0.15, -0.1) is 0 Å². The molecule has 2 aromatic carbocycles. The van der Waals surface area contributed by atoms with E-state index in [2.05, 4.69) is 5.32 Å². The van der Waals surface area contributed by atoms with Crippen molar-refractivity contribution in [3.05, 3.63) is 77.1 Å². The van der Waals surface area contributed by atoms with Crippen LogP contribution in [0.1, 0.15) is 16.7 Å². The van der Waals surface area contributed by atoms with Gasteiger partial charge >= 0.3 is 0 Å². The molecule has 0 aliphatic carbocycles. The average Bonchev–Trinajstić information content (AvgIpc) is 2.54. The molecule has 0 heterocycles. The summed E-state index contributed by atoms with van der Waals surface area (Å²) in [5, 5.41) is 11.7. The van der Waals surface area contributed by atoms with Crippen LogP contribution in [0.15, 0.2) is 54.6 Å². The quantitative estimate of drug-likeness (QED) is 0.806. The highest BCUT2D eigenvalue weighted by atomic mass is 19.1. The lowest BCUT2D eigenvalue weighted by Gasteiger charge is -2.04. The fraction of sp³-hybridized carbons (Fsp3) is 0.167. The molecule has 2 aromatic rings. The van der Waals surface area contributed by atoms with Crippen LogP contribution in [0.5, 0.6) is 0 Å². The molecule has 0 spiro atoms. The van der Waals surface area contributed by atoms with Crippen LogP contribution in [-0.2, 0) is 17.8 Å². The molecule has 114 valence electrons. The highest BCUT2D eigenvalue weighted by molar-refractivity contribution is 5.91. The molecule has 0 radical (unpaired) electrons. The molecule has 3 nitrogen and oxygen atoms in total. The summed E-state index contributed by atoms with van der Waals surface area (Å²) in [7, 11) is 0. The molecule has 0 aliphatic heterocycles. The van der Waals surface area contributed by atoms with Crippen LogP contribution in [-0.4, -0.2) is 17.6 Å². The second-order valence-electron chi connectivity index (χ2n) is 4.90.